The molecule has 0 aliphatic heterocycles. The molecule has 0 saturated carbocycles. The average molecular weight is 439 g/mol. The summed E-state index contributed by atoms with van der Waals surface area (Å²) in [6, 6.07) is 14.5. The lowest BCUT2D eigenvalue weighted by Gasteiger charge is -2.13. The minimum atomic E-state index is -1.07. The first-order valence-corrected chi connectivity index (χ1v) is 9.74. The van der Waals surface area contributed by atoms with Crippen LogP contribution >= 0.6 is 0 Å². The molecule has 0 unspecified atom stereocenters. The van der Waals surface area contributed by atoms with Gasteiger partial charge in [-0.1, -0.05) is 30.3 Å². The summed E-state index contributed by atoms with van der Waals surface area (Å²) in [7, 11) is 0. The van der Waals surface area contributed by atoms with Gasteiger partial charge >= 0.3 is 16.9 Å². The Morgan fingerprint density at radius 1 is 0.938 bits per heavy atom. The number of H-pyrrole nitrogens is 2. The Labute approximate surface area is 182 Å². The molecule has 10 heteroatoms. The largest absolute Gasteiger partial charge is 0.490 e. The molecule has 3 rings (SSSR count). The van der Waals surface area contributed by atoms with Crippen molar-refractivity contribution in [2.75, 3.05) is 19.8 Å². The Balaban J connectivity index is 1.74. The number of nitro groups is 1. The lowest BCUT2D eigenvalue weighted by molar-refractivity contribution is -0.386. The van der Waals surface area contributed by atoms with Gasteiger partial charge in [-0.15, -0.1) is 0 Å². The van der Waals surface area contributed by atoms with Gasteiger partial charge in [0.25, 0.3) is 0 Å². The fraction of sp³-hybridized carbons (Fsp3) is 0.182. The van der Waals surface area contributed by atoms with E-state index in [0.29, 0.717) is 36.9 Å². The third-order valence-corrected chi connectivity index (χ3v) is 4.19. The van der Waals surface area contributed by atoms with Crippen molar-refractivity contribution < 1.29 is 19.1 Å². The highest BCUT2D eigenvalue weighted by atomic mass is 16.6. The van der Waals surface area contributed by atoms with Crippen LogP contribution < -0.4 is 25.5 Å². The SMILES string of the molecule is CCOc1cc(/C=C/c2[nH]c(=O)[nH]c(=O)c2[N+](=O)[O-])ccc1OCCOc1ccccc1. The van der Waals surface area contributed by atoms with Crippen LogP contribution in [0.5, 0.6) is 17.2 Å². The van der Waals surface area contributed by atoms with Gasteiger partial charge in [0.05, 0.1) is 11.5 Å². The van der Waals surface area contributed by atoms with Gasteiger partial charge in [0.1, 0.15) is 24.7 Å². The van der Waals surface area contributed by atoms with E-state index in [-0.39, 0.29) is 5.69 Å². The Morgan fingerprint density at radius 2 is 1.69 bits per heavy atom. The number of ether oxygens (including phenoxy) is 3. The minimum Gasteiger partial charge on any atom is -0.490 e. The molecule has 1 aromatic heterocycles. The number of aromatic nitrogens is 2. The van der Waals surface area contributed by atoms with Crippen LogP contribution in [0.1, 0.15) is 18.2 Å². The lowest BCUT2D eigenvalue weighted by Crippen LogP contribution is -2.25. The molecule has 0 spiro atoms. The molecule has 0 aliphatic carbocycles. The van der Waals surface area contributed by atoms with Crippen LogP contribution in [-0.2, 0) is 0 Å². The number of hydrogen-bond donors (Lipinski definition) is 2. The van der Waals surface area contributed by atoms with Gasteiger partial charge in [0.15, 0.2) is 11.5 Å². The summed E-state index contributed by atoms with van der Waals surface area (Å²) in [5, 5.41) is 11.1. The Morgan fingerprint density at radius 3 is 2.41 bits per heavy atom. The molecule has 0 radical (unpaired) electrons. The number of hydrogen-bond acceptors (Lipinski definition) is 7. The van der Waals surface area contributed by atoms with Crippen LogP contribution in [0.2, 0.25) is 0 Å². The van der Waals surface area contributed by atoms with Gasteiger partial charge in [-0.05, 0) is 42.8 Å². The molecular weight excluding hydrogens is 418 g/mol. The highest BCUT2D eigenvalue weighted by Crippen LogP contribution is 2.29. The molecular formula is C22H21N3O7. The fourth-order valence-electron chi connectivity index (χ4n) is 2.82. The summed E-state index contributed by atoms with van der Waals surface area (Å²) in [6.07, 6.45) is 2.80. The molecule has 32 heavy (non-hydrogen) atoms. The number of benzene rings is 2. The molecule has 0 atom stereocenters. The zero-order chi connectivity index (χ0) is 22.9. The molecule has 0 fully saturated rings. The highest BCUT2D eigenvalue weighted by Gasteiger charge is 2.18. The van der Waals surface area contributed by atoms with Crippen LogP contribution in [0.25, 0.3) is 12.2 Å². The highest BCUT2D eigenvalue weighted by molar-refractivity contribution is 5.72. The third-order valence-electron chi connectivity index (χ3n) is 4.19. The number of nitrogens with zero attached hydrogens (tertiary/aromatic N) is 1. The van der Waals surface area contributed by atoms with Gasteiger partial charge in [0, 0.05) is 0 Å². The third kappa shape index (κ3) is 5.85. The van der Waals surface area contributed by atoms with Crippen LogP contribution in [0.3, 0.4) is 0 Å². The summed E-state index contributed by atoms with van der Waals surface area (Å²) in [5.74, 6) is 1.73. The number of nitrogens with one attached hydrogen (secondary N) is 2. The number of aromatic amines is 2. The standard InChI is InChI=1S/C22H21N3O7/c1-2-30-19-14-15(8-10-17-20(25(28)29)21(26)24-22(27)23-17)9-11-18(19)32-13-12-31-16-6-4-3-5-7-16/h3-11,14H,2,12-13H2,1H3,(H2,23,24,26,27)/b10-8+. The lowest BCUT2D eigenvalue weighted by atomic mass is 10.1. The van der Waals surface area contributed by atoms with E-state index in [1.54, 1.807) is 18.2 Å². The topological polar surface area (TPSA) is 137 Å². The monoisotopic (exact) mass is 439 g/mol. The quantitative estimate of drug-likeness (QED) is 0.281. The molecule has 2 aromatic carbocycles. The van der Waals surface area contributed by atoms with Crippen LogP contribution in [0.15, 0.2) is 58.1 Å². The van der Waals surface area contributed by atoms with Crippen molar-refractivity contribution in [2.24, 2.45) is 0 Å². The van der Waals surface area contributed by atoms with E-state index < -0.39 is 21.9 Å². The molecule has 1 heterocycles. The summed E-state index contributed by atoms with van der Waals surface area (Å²) < 4.78 is 17.0. The maximum Gasteiger partial charge on any atom is 0.357 e. The summed E-state index contributed by atoms with van der Waals surface area (Å²) >= 11 is 0. The summed E-state index contributed by atoms with van der Waals surface area (Å²) in [6.45, 7) is 2.87. The molecule has 3 aromatic rings. The van der Waals surface area contributed by atoms with Gasteiger partial charge in [-0.2, -0.15) is 0 Å². The molecule has 0 aliphatic rings. The second kappa shape index (κ2) is 10.6. The predicted octanol–water partition coefficient (Wildman–Crippen LogP) is 3.00. The predicted molar refractivity (Wildman–Crippen MR) is 118 cm³/mol. The van der Waals surface area contributed by atoms with E-state index in [1.165, 1.54) is 12.2 Å². The zero-order valence-electron chi connectivity index (χ0n) is 17.2. The smallest absolute Gasteiger partial charge is 0.357 e. The van der Waals surface area contributed by atoms with Gasteiger partial charge in [-0.3, -0.25) is 19.9 Å². The zero-order valence-corrected chi connectivity index (χ0v) is 17.2. The van der Waals surface area contributed by atoms with Crippen molar-refractivity contribution in [3.8, 4) is 17.2 Å². The first-order chi connectivity index (χ1) is 15.5. The van der Waals surface area contributed by atoms with Crippen molar-refractivity contribution in [1.29, 1.82) is 0 Å². The minimum absolute atomic E-state index is 0.208. The van der Waals surface area contributed by atoms with E-state index in [0.717, 1.165) is 5.75 Å². The molecule has 0 saturated heterocycles. The summed E-state index contributed by atoms with van der Waals surface area (Å²) in [5.41, 5.74) is -2.24. The van der Waals surface area contributed by atoms with Crippen LogP contribution in [-0.4, -0.2) is 34.7 Å². The number of para-hydroxylation sites is 1. The Hall–Kier alpha value is -4.34. The van der Waals surface area contributed by atoms with Crippen LogP contribution in [0.4, 0.5) is 5.69 Å². The molecule has 0 bridgehead atoms. The molecule has 166 valence electrons. The van der Waals surface area contributed by atoms with E-state index in [9.17, 15) is 19.7 Å². The average Bonchev–Trinajstić information content (AvgIpc) is 2.76. The maximum absolute atomic E-state index is 11.7. The van der Waals surface area contributed by atoms with Gasteiger partial charge < -0.3 is 19.2 Å². The second-order valence-electron chi connectivity index (χ2n) is 6.41. The molecule has 2 N–H and O–H groups in total. The van der Waals surface area contributed by atoms with Crippen molar-refractivity contribution in [2.45, 2.75) is 6.92 Å². The number of rotatable bonds is 10. The van der Waals surface area contributed by atoms with E-state index >= 15 is 0 Å². The summed E-state index contributed by atoms with van der Waals surface area (Å²) in [4.78, 5) is 37.6. The molecule has 10 nitrogen and oxygen atoms in total. The second-order valence-corrected chi connectivity index (χ2v) is 6.41. The Bertz CT molecular complexity index is 1220. The van der Waals surface area contributed by atoms with Gasteiger partial charge in [-0.25, -0.2) is 4.79 Å². The fourth-order valence-corrected chi connectivity index (χ4v) is 2.82. The molecule has 0 amide bonds. The van der Waals surface area contributed by atoms with Crippen molar-refractivity contribution >= 4 is 17.8 Å². The van der Waals surface area contributed by atoms with Gasteiger partial charge in [0.2, 0.25) is 0 Å². The normalized spacial score (nSPS) is 10.8. The van der Waals surface area contributed by atoms with E-state index in [2.05, 4.69) is 4.98 Å². The first kappa shape index (κ1) is 22.3. The van der Waals surface area contributed by atoms with Crippen molar-refractivity contribution in [3.63, 3.8) is 0 Å². The Kier molecular flexibility index (Phi) is 7.42. The van der Waals surface area contributed by atoms with E-state index in [1.807, 2.05) is 42.2 Å². The first-order valence-electron chi connectivity index (χ1n) is 9.74. The maximum atomic E-state index is 11.7. The van der Waals surface area contributed by atoms with Crippen LogP contribution in [0, 0.1) is 10.1 Å². The van der Waals surface area contributed by atoms with Crippen molar-refractivity contribution in [1.82, 2.24) is 9.97 Å². The van der Waals surface area contributed by atoms with E-state index in [4.69, 9.17) is 14.2 Å². The van der Waals surface area contributed by atoms with Crippen molar-refractivity contribution in [3.05, 3.63) is 90.7 Å².